The van der Waals surface area contributed by atoms with Crippen LogP contribution < -0.4 is 5.73 Å². The van der Waals surface area contributed by atoms with Gasteiger partial charge in [0.1, 0.15) is 5.78 Å². The van der Waals surface area contributed by atoms with E-state index in [0.717, 1.165) is 14.2 Å². The number of carbonyl (C=O) groups excluding carboxylic acids is 4. The molecule has 0 aromatic carbocycles. The SMILES string of the molecule is COC(=O)C1(C(=O)OC)CCC(=O)C(C(N)=O)C1. The summed E-state index contributed by atoms with van der Waals surface area (Å²) in [5, 5.41) is 0. The lowest BCUT2D eigenvalue weighted by atomic mass is 9.68. The van der Waals surface area contributed by atoms with E-state index in [2.05, 4.69) is 9.47 Å². The predicted molar refractivity (Wildman–Crippen MR) is 58.0 cm³/mol. The molecule has 0 heterocycles. The number of primary amides is 1. The first-order valence-corrected chi connectivity index (χ1v) is 5.38. The molecule has 0 aliphatic heterocycles. The van der Waals surface area contributed by atoms with E-state index in [0.29, 0.717) is 0 Å². The molecule has 0 saturated heterocycles. The Labute approximate surface area is 104 Å². The zero-order valence-corrected chi connectivity index (χ0v) is 10.2. The van der Waals surface area contributed by atoms with E-state index in [1.165, 1.54) is 0 Å². The van der Waals surface area contributed by atoms with Crippen molar-refractivity contribution in [3.05, 3.63) is 0 Å². The van der Waals surface area contributed by atoms with E-state index in [4.69, 9.17) is 5.73 Å². The molecule has 1 saturated carbocycles. The van der Waals surface area contributed by atoms with Gasteiger partial charge in [-0.1, -0.05) is 0 Å². The summed E-state index contributed by atoms with van der Waals surface area (Å²) in [6, 6.07) is 0. The molecule has 7 nitrogen and oxygen atoms in total. The van der Waals surface area contributed by atoms with Gasteiger partial charge in [-0.05, 0) is 12.8 Å². The minimum Gasteiger partial charge on any atom is -0.468 e. The summed E-state index contributed by atoms with van der Waals surface area (Å²) in [6.45, 7) is 0. The molecule has 1 aliphatic carbocycles. The zero-order chi connectivity index (χ0) is 13.9. The number of ether oxygens (including phenoxy) is 2. The zero-order valence-electron chi connectivity index (χ0n) is 10.2. The maximum atomic E-state index is 11.8. The van der Waals surface area contributed by atoms with Crippen molar-refractivity contribution < 1.29 is 28.7 Å². The monoisotopic (exact) mass is 257 g/mol. The highest BCUT2D eigenvalue weighted by Gasteiger charge is 2.54. The van der Waals surface area contributed by atoms with E-state index in [1.807, 2.05) is 0 Å². The molecule has 0 spiro atoms. The van der Waals surface area contributed by atoms with Crippen LogP contribution >= 0.6 is 0 Å². The average Bonchev–Trinajstić information content (AvgIpc) is 2.37. The number of nitrogens with two attached hydrogens (primary N) is 1. The molecular formula is C11H15NO6. The van der Waals surface area contributed by atoms with Gasteiger partial charge < -0.3 is 15.2 Å². The van der Waals surface area contributed by atoms with E-state index >= 15 is 0 Å². The number of esters is 2. The van der Waals surface area contributed by atoms with Gasteiger partial charge in [0.05, 0.1) is 20.1 Å². The van der Waals surface area contributed by atoms with E-state index in [-0.39, 0.29) is 25.0 Å². The fourth-order valence-electron chi connectivity index (χ4n) is 2.18. The van der Waals surface area contributed by atoms with Gasteiger partial charge in [-0.25, -0.2) is 0 Å². The number of methoxy groups -OCH3 is 2. The maximum Gasteiger partial charge on any atom is 0.323 e. The Balaban J connectivity index is 3.13. The summed E-state index contributed by atoms with van der Waals surface area (Å²) in [7, 11) is 2.26. The molecule has 1 aliphatic rings. The van der Waals surface area contributed by atoms with Crippen LogP contribution in [0.5, 0.6) is 0 Å². The van der Waals surface area contributed by atoms with Crippen molar-refractivity contribution >= 4 is 23.6 Å². The van der Waals surface area contributed by atoms with Crippen molar-refractivity contribution in [1.82, 2.24) is 0 Å². The van der Waals surface area contributed by atoms with Crippen LogP contribution in [0.4, 0.5) is 0 Å². The van der Waals surface area contributed by atoms with E-state index < -0.39 is 29.2 Å². The molecule has 1 fully saturated rings. The summed E-state index contributed by atoms with van der Waals surface area (Å²) in [6.07, 6.45) is -0.409. The van der Waals surface area contributed by atoms with Crippen LogP contribution in [0, 0.1) is 11.3 Å². The van der Waals surface area contributed by atoms with E-state index in [1.54, 1.807) is 0 Å². The Morgan fingerprint density at radius 2 is 1.72 bits per heavy atom. The van der Waals surface area contributed by atoms with Crippen LogP contribution in [-0.4, -0.2) is 37.8 Å². The van der Waals surface area contributed by atoms with Crippen LogP contribution in [0.2, 0.25) is 0 Å². The second-order valence-electron chi connectivity index (χ2n) is 4.19. The summed E-state index contributed by atoms with van der Waals surface area (Å²) in [5.74, 6) is -4.00. The summed E-state index contributed by atoms with van der Waals surface area (Å²) < 4.78 is 9.15. The number of Topliss-reactive ketones (excluding diaryl/α,β-unsaturated/α-hetero) is 1. The average molecular weight is 257 g/mol. The lowest BCUT2D eigenvalue weighted by Crippen LogP contribution is -2.49. The number of amides is 1. The van der Waals surface area contributed by atoms with Gasteiger partial charge in [0.25, 0.3) is 0 Å². The predicted octanol–water partition coefficient (Wildman–Crippen LogP) is -0.827. The second kappa shape index (κ2) is 5.16. The molecule has 2 N–H and O–H groups in total. The van der Waals surface area contributed by atoms with Crippen molar-refractivity contribution in [1.29, 1.82) is 0 Å². The van der Waals surface area contributed by atoms with Crippen LogP contribution in [-0.2, 0) is 28.7 Å². The molecular weight excluding hydrogens is 242 g/mol. The number of hydrogen-bond acceptors (Lipinski definition) is 6. The second-order valence-corrected chi connectivity index (χ2v) is 4.19. The molecule has 0 bridgehead atoms. The lowest BCUT2D eigenvalue weighted by molar-refractivity contribution is -0.173. The van der Waals surface area contributed by atoms with Crippen molar-refractivity contribution in [2.24, 2.45) is 17.1 Å². The molecule has 7 heteroatoms. The van der Waals surface area contributed by atoms with Gasteiger partial charge in [0.15, 0.2) is 5.41 Å². The van der Waals surface area contributed by atoms with Gasteiger partial charge in [-0.15, -0.1) is 0 Å². The van der Waals surface area contributed by atoms with Crippen molar-refractivity contribution in [2.75, 3.05) is 14.2 Å². The Bertz CT molecular complexity index is 386. The van der Waals surface area contributed by atoms with Crippen LogP contribution in [0.25, 0.3) is 0 Å². The quantitative estimate of drug-likeness (QED) is 0.521. The standard InChI is InChI=1S/C11H15NO6/c1-17-9(15)11(10(16)18-2)4-3-7(13)6(5-11)8(12)14/h6H,3-5H2,1-2H3,(H2,12,14). The van der Waals surface area contributed by atoms with Crippen molar-refractivity contribution in [3.8, 4) is 0 Å². The topological polar surface area (TPSA) is 113 Å². The third-order valence-corrected chi connectivity index (χ3v) is 3.24. The number of hydrogen-bond donors (Lipinski definition) is 1. The Hall–Kier alpha value is -1.92. The molecule has 0 radical (unpaired) electrons. The number of rotatable bonds is 3. The molecule has 1 amide bonds. The van der Waals surface area contributed by atoms with Gasteiger partial charge in [-0.2, -0.15) is 0 Å². The first kappa shape index (κ1) is 14.1. The number of ketones is 1. The van der Waals surface area contributed by atoms with Crippen molar-refractivity contribution in [2.45, 2.75) is 19.3 Å². The molecule has 0 aromatic rings. The summed E-state index contributed by atoms with van der Waals surface area (Å²) in [4.78, 5) is 46.3. The van der Waals surface area contributed by atoms with Gasteiger partial charge >= 0.3 is 11.9 Å². The first-order valence-electron chi connectivity index (χ1n) is 5.38. The Kier molecular flexibility index (Phi) is 4.05. The molecule has 1 unspecified atom stereocenters. The molecule has 100 valence electrons. The minimum absolute atomic E-state index is 0.0328. The Morgan fingerprint density at radius 3 is 2.11 bits per heavy atom. The van der Waals surface area contributed by atoms with Gasteiger partial charge in [-0.3, -0.25) is 19.2 Å². The molecule has 0 aromatic heterocycles. The highest BCUT2D eigenvalue weighted by atomic mass is 16.5. The van der Waals surface area contributed by atoms with Gasteiger partial charge in [0, 0.05) is 6.42 Å². The Morgan fingerprint density at radius 1 is 1.22 bits per heavy atom. The van der Waals surface area contributed by atoms with Gasteiger partial charge in [0.2, 0.25) is 5.91 Å². The highest BCUT2D eigenvalue weighted by molar-refractivity contribution is 6.07. The third-order valence-electron chi connectivity index (χ3n) is 3.24. The fraction of sp³-hybridized carbons (Fsp3) is 0.636. The molecule has 1 rings (SSSR count). The minimum atomic E-state index is -1.61. The molecule has 18 heavy (non-hydrogen) atoms. The van der Waals surface area contributed by atoms with Crippen LogP contribution in [0.3, 0.4) is 0 Å². The maximum absolute atomic E-state index is 11.8. The fourth-order valence-corrected chi connectivity index (χ4v) is 2.18. The third kappa shape index (κ3) is 2.20. The molecule has 1 atom stereocenters. The van der Waals surface area contributed by atoms with E-state index in [9.17, 15) is 19.2 Å². The van der Waals surface area contributed by atoms with Crippen LogP contribution in [0.15, 0.2) is 0 Å². The smallest absolute Gasteiger partial charge is 0.323 e. The van der Waals surface area contributed by atoms with Crippen molar-refractivity contribution in [3.63, 3.8) is 0 Å². The van der Waals surface area contributed by atoms with Crippen LogP contribution in [0.1, 0.15) is 19.3 Å². The summed E-state index contributed by atoms with van der Waals surface area (Å²) in [5.41, 5.74) is 3.48. The highest BCUT2D eigenvalue weighted by Crippen LogP contribution is 2.40. The number of carbonyl (C=O) groups is 4. The first-order chi connectivity index (χ1) is 8.39. The summed E-state index contributed by atoms with van der Waals surface area (Å²) >= 11 is 0. The normalized spacial score (nSPS) is 22.1. The lowest BCUT2D eigenvalue weighted by Gasteiger charge is -2.34. The largest absolute Gasteiger partial charge is 0.468 e.